The lowest BCUT2D eigenvalue weighted by atomic mass is 9.98. The second kappa shape index (κ2) is 7.74. The van der Waals surface area contributed by atoms with E-state index in [1.807, 2.05) is 24.7 Å². The molecule has 28 heavy (non-hydrogen) atoms. The van der Waals surface area contributed by atoms with Gasteiger partial charge in [-0.2, -0.15) is 4.31 Å². The molecule has 4 rings (SSSR count). The van der Waals surface area contributed by atoms with Crippen LogP contribution >= 0.6 is 23.1 Å². The van der Waals surface area contributed by atoms with E-state index in [-0.39, 0.29) is 17.4 Å². The molecule has 3 heterocycles. The number of aryl methyl sites for hydroxylation is 2. The smallest absolute Gasteiger partial charge is 0.243 e. The zero-order chi connectivity index (χ0) is 19.9. The van der Waals surface area contributed by atoms with Gasteiger partial charge < -0.3 is 4.57 Å². The highest BCUT2D eigenvalue weighted by Crippen LogP contribution is 2.31. The van der Waals surface area contributed by atoms with Crippen molar-refractivity contribution >= 4 is 43.3 Å². The average Bonchev–Trinajstić information content (AvgIpc) is 3.24. The molecule has 1 aromatic carbocycles. The lowest BCUT2D eigenvalue weighted by Crippen LogP contribution is -2.45. The predicted molar refractivity (Wildman–Crippen MR) is 110 cm³/mol. The first-order chi connectivity index (χ1) is 13.3. The summed E-state index contributed by atoms with van der Waals surface area (Å²) in [5.41, 5.74) is 0.787. The van der Waals surface area contributed by atoms with Gasteiger partial charge in [0.05, 0.1) is 20.1 Å². The topological polar surface area (TPSA) is 68.1 Å². The van der Waals surface area contributed by atoms with Gasteiger partial charge in [0, 0.05) is 44.2 Å². The van der Waals surface area contributed by atoms with Gasteiger partial charge in [0.1, 0.15) is 6.17 Å². The lowest BCUT2D eigenvalue weighted by Gasteiger charge is -2.33. The Morgan fingerprint density at radius 3 is 2.93 bits per heavy atom. The number of thiazole rings is 1. The summed E-state index contributed by atoms with van der Waals surface area (Å²) in [4.78, 5) is 8.80. The first-order valence-electron chi connectivity index (χ1n) is 8.96. The number of sulfonamides is 1. The number of hydrogen-bond donors (Lipinski definition) is 0. The monoisotopic (exact) mass is 440 g/mol. The van der Waals surface area contributed by atoms with Crippen LogP contribution in [0.2, 0.25) is 0 Å². The van der Waals surface area contributed by atoms with Crippen molar-refractivity contribution in [3.63, 3.8) is 0 Å². The van der Waals surface area contributed by atoms with E-state index in [0.29, 0.717) is 18.7 Å². The fraction of sp³-hybridized carbons (Fsp3) is 0.444. The Kier molecular flexibility index (Phi) is 5.47. The molecule has 0 saturated carbocycles. The molecular formula is C18H21FN4O2S3. The number of rotatable bonds is 5. The van der Waals surface area contributed by atoms with Crippen molar-refractivity contribution in [3.05, 3.63) is 35.6 Å². The van der Waals surface area contributed by atoms with Crippen molar-refractivity contribution in [2.45, 2.75) is 29.6 Å². The van der Waals surface area contributed by atoms with Crippen molar-refractivity contribution in [3.8, 4) is 0 Å². The molecule has 3 aromatic rings. The number of fused-ring (bicyclic) bond motifs is 1. The van der Waals surface area contributed by atoms with Crippen LogP contribution < -0.4 is 0 Å². The normalized spacial score (nSPS) is 21.4. The van der Waals surface area contributed by atoms with Gasteiger partial charge in [-0.1, -0.05) is 11.8 Å². The molecule has 10 heteroatoms. The van der Waals surface area contributed by atoms with Crippen LogP contribution in [-0.2, 0) is 17.1 Å². The second-order valence-corrected chi connectivity index (χ2v) is 11.1. The molecule has 1 aliphatic heterocycles. The van der Waals surface area contributed by atoms with Crippen molar-refractivity contribution < 1.29 is 12.8 Å². The minimum absolute atomic E-state index is 0.103. The van der Waals surface area contributed by atoms with Crippen LogP contribution in [0.1, 0.15) is 11.4 Å². The third kappa shape index (κ3) is 3.83. The highest BCUT2D eigenvalue weighted by Gasteiger charge is 2.36. The summed E-state index contributed by atoms with van der Waals surface area (Å²) in [7, 11) is -1.81. The first kappa shape index (κ1) is 19.8. The molecule has 1 aliphatic rings. The number of hydrogen-bond acceptors (Lipinski definition) is 6. The van der Waals surface area contributed by atoms with Crippen LogP contribution in [0.25, 0.3) is 10.2 Å². The molecule has 150 valence electrons. The minimum Gasteiger partial charge on any atom is -0.329 e. The van der Waals surface area contributed by atoms with E-state index < -0.39 is 16.2 Å². The first-order valence-corrected chi connectivity index (χ1v) is 12.2. The highest BCUT2D eigenvalue weighted by molar-refractivity contribution is 7.99. The number of nitrogens with zero attached hydrogens (tertiary/aromatic N) is 4. The number of alkyl halides is 1. The van der Waals surface area contributed by atoms with Crippen molar-refractivity contribution in [1.29, 1.82) is 0 Å². The van der Waals surface area contributed by atoms with E-state index in [1.54, 1.807) is 24.4 Å². The molecule has 0 bridgehead atoms. The zero-order valence-corrected chi connectivity index (χ0v) is 18.0. The number of benzene rings is 1. The summed E-state index contributed by atoms with van der Waals surface area (Å²) < 4.78 is 44.8. The van der Waals surface area contributed by atoms with Gasteiger partial charge in [0.15, 0.2) is 5.16 Å². The summed E-state index contributed by atoms with van der Waals surface area (Å²) in [6, 6.07) is 4.92. The van der Waals surface area contributed by atoms with Crippen molar-refractivity contribution in [2.24, 2.45) is 13.0 Å². The molecule has 0 radical (unpaired) electrons. The minimum atomic E-state index is -3.72. The number of piperidine rings is 1. The predicted octanol–water partition coefficient (Wildman–Crippen LogP) is 3.48. The van der Waals surface area contributed by atoms with Gasteiger partial charge in [0.2, 0.25) is 10.0 Å². The highest BCUT2D eigenvalue weighted by atomic mass is 32.2. The van der Waals surface area contributed by atoms with E-state index >= 15 is 0 Å². The molecule has 0 aliphatic carbocycles. The number of halogens is 1. The van der Waals surface area contributed by atoms with Crippen LogP contribution in [0, 0.1) is 12.8 Å². The standard InChI is InChI=1S/C18H21FN4O2S3/c1-12-21-16-4-3-14(9-17(16)27-12)28(24,25)23-7-5-13(15(19)10-23)11-26-18-20-6-8-22(18)2/h3-4,6,8-9,13,15H,5,7,10-11H2,1-2H3/t13-,15+/m0/s1. The maximum Gasteiger partial charge on any atom is 0.243 e. The van der Waals surface area contributed by atoms with Crippen LogP contribution in [0.4, 0.5) is 4.39 Å². The van der Waals surface area contributed by atoms with Crippen molar-refractivity contribution in [2.75, 3.05) is 18.8 Å². The Labute approximate surface area is 171 Å². The van der Waals surface area contributed by atoms with Crippen LogP contribution in [-0.4, -0.2) is 52.3 Å². The quantitative estimate of drug-likeness (QED) is 0.568. The van der Waals surface area contributed by atoms with E-state index in [1.165, 1.54) is 27.4 Å². The van der Waals surface area contributed by atoms with E-state index in [0.717, 1.165) is 20.4 Å². The van der Waals surface area contributed by atoms with Gasteiger partial charge in [-0.25, -0.2) is 22.8 Å². The summed E-state index contributed by atoms with van der Waals surface area (Å²) in [6.45, 7) is 2.11. The van der Waals surface area contributed by atoms with Gasteiger partial charge >= 0.3 is 0 Å². The molecule has 0 spiro atoms. The molecule has 1 fully saturated rings. The fourth-order valence-corrected chi connectivity index (χ4v) is 6.90. The van der Waals surface area contributed by atoms with Gasteiger partial charge in [0.25, 0.3) is 0 Å². The van der Waals surface area contributed by atoms with Crippen molar-refractivity contribution in [1.82, 2.24) is 18.8 Å². The molecule has 0 unspecified atom stereocenters. The molecule has 6 nitrogen and oxygen atoms in total. The van der Waals surface area contributed by atoms with Gasteiger partial charge in [-0.15, -0.1) is 11.3 Å². The van der Waals surface area contributed by atoms with Gasteiger partial charge in [-0.3, -0.25) is 0 Å². The molecule has 2 atom stereocenters. The zero-order valence-electron chi connectivity index (χ0n) is 15.6. The Morgan fingerprint density at radius 2 is 2.21 bits per heavy atom. The number of thioether (sulfide) groups is 1. The maximum absolute atomic E-state index is 14.8. The number of imidazole rings is 1. The lowest BCUT2D eigenvalue weighted by molar-refractivity contribution is 0.146. The van der Waals surface area contributed by atoms with Crippen LogP contribution in [0.15, 0.2) is 40.6 Å². The largest absolute Gasteiger partial charge is 0.329 e. The average molecular weight is 441 g/mol. The van der Waals surface area contributed by atoms with E-state index in [2.05, 4.69) is 9.97 Å². The van der Waals surface area contributed by atoms with Crippen LogP contribution in [0.5, 0.6) is 0 Å². The Bertz CT molecular complexity index is 1100. The third-order valence-corrected chi connectivity index (χ3v) is 8.99. The summed E-state index contributed by atoms with van der Waals surface area (Å²) in [5.74, 6) is 0.409. The molecule has 0 amide bonds. The number of aromatic nitrogens is 3. The van der Waals surface area contributed by atoms with Gasteiger partial charge in [-0.05, 0) is 31.5 Å². The SMILES string of the molecule is Cc1nc2ccc(S(=O)(=O)N3CC[C@@H](CSc4nccn4C)[C@H](F)C3)cc2s1. The summed E-state index contributed by atoms with van der Waals surface area (Å²) in [5, 5.41) is 1.73. The Balaban J connectivity index is 1.45. The molecular weight excluding hydrogens is 419 g/mol. The Hall–Kier alpha value is -1.49. The second-order valence-electron chi connectivity index (χ2n) is 6.92. The van der Waals surface area contributed by atoms with E-state index in [4.69, 9.17) is 0 Å². The van der Waals surface area contributed by atoms with E-state index in [9.17, 15) is 12.8 Å². The molecule has 0 N–H and O–H groups in total. The fourth-order valence-electron chi connectivity index (χ4n) is 3.33. The van der Waals surface area contributed by atoms with Crippen LogP contribution in [0.3, 0.4) is 0 Å². The summed E-state index contributed by atoms with van der Waals surface area (Å²) >= 11 is 2.97. The summed E-state index contributed by atoms with van der Waals surface area (Å²) in [6.07, 6.45) is 2.88. The maximum atomic E-state index is 14.8. The Morgan fingerprint density at radius 1 is 1.39 bits per heavy atom. The third-order valence-electron chi connectivity index (χ3n) is 4.95. The molecule has 2 aromatic heterocycles. The molecule has 1 saturated heterocycles.